The van der Waals surface area contributed by atoms with E-state index in [0.29, 0.717) is 35.5 Å². The summed E-state index contributed by atoms with van der Waals surface area (Å²) in [7, 11) is 0. The Morgan fingerprint density at radius 3 is 2.28 bits per heavy atom. The van der Waals surface area contributed by atoms with E-state index in [9.17, 15) is 4.79 Å². The second kappa shape index (κ2) is 9.19. The van der Waals surface area contributed by atoms with Gasteiger partial charge in [0.25, 0.3) is 5.91 Å². The van der Waals surface area contributed by atoms with Crippen molar-refractivity contribution < 1.29 is 9.53 Å². The maximum Gasteiger partial charge on any atom is 0.255 e. The molecule has 0 saturated heterocycles. The molecule has 29 heavy (non-hydrogen) atoms. The van der Waals surface area contributed by atoms with Crippen LogP contribution in [-0.2, 0) is 0 Å². The van der Waals surface area contributed by atoms with Crippen molar-refractivity contribution in [3.63, 3.8) is 0 Å². The largest absolute Gasteiger partial charge is 0.493 e. The SMILES string of the molecule is Cc1cc(C)nc(Nc2ccc(NC(=O)c3cccc(OCC(C)C)c3)cc2)n1. The number of anilines is 3. The van der Waals surface area contributed by atoms with E-state index in [4.69, 9.17) is 4.74 Å². The van der Waals surface area contributed by atoms with E-state index in [2.05, 4.69) is 34.4 Å². The molecule has 0 atom stereocenters. The molecule has 0 radical (unpaired) electrons. The second-order valence-corrected chi connectivity index (χ2v) is 7.36. The van der Waals surface area contributed by atoms with E-state index in [1.807, 2.05) is 56.3 Å². The Morgan fingerprint density at radius 1 is 0.966 bits per heavy atom. The minimum absolute atomic E-state index is 0.182. The van der Waals surface area contributed by atoms with Crippen LogP contribution in [0.3, 0.4) is 0 Å². The number of nitrogens with one attached hydrogen (secondary N) is 2. The number of aromatic nitrogens is 2. The van der Waals surface area contributed by atoms with Crippen LogP contribution in [0.2, 0.25) is 0 Å². The molecule has 0 aliphatic heterocycles. The Balaban J connectivity index is 1.63. The molecule has 6 heteroatoms. The van der Waals surface area contributed by atoms with E-state index in [1.165, 1.54) is 0 Å². The second-order valence-electron chi connectivity index (χ2n) is 7.36. The predicted octanol–water partition coefficient (Wildman–Crippen LogP) is 5.12. The molecule has 0 aliphatic rings. The fourth-order valence-corrected chi connectivity index (χ4v) is 2.74. The normalized spacial score (nSPS) is 10.7. The highest BCUT2D eigenvalue weighted by atomic mass is 16.5. The molecule has 0 spiro atoms. The minimum atomic E-state index is -0.182. The standard InChI is InChI=1S/C23H26N4O2/c1-15(2)14-29-21-7-5-6-18(13-21)22(28)26-19-8-10-20(11-9-19)27-23-24-16(3)12-17(4)25-23/h5-13,15H,14H2,1-4H3,(H,26,28)(H,24,25,27). The molecule has 2 N–H and O–H groups in total. The number of benzene rings is 2. The van der Waals surface area contributed by atoms with E-state index < -0.39 is 0 Å². The van der Waals surface area contributed by atoms with Crippen LogP contribution < -0.4 is 15.4 Å². The highest BCUT2D eigenvalue weighted by Crippen LogP contribution is 2.19. The van der Waals surface area contributed by atoms with Crippen molar-refractivity contribution in [1.82, 2.24) is 9.97 Å². The van der Waals surface area contributed by atoms with Crippen LogP contribution in [-0.4, -0.2) is 22.5 Å². The fraction of sp³-hybridized carbons (Fsp3) is 0.261. The molecule has 0 unspecified atom stereocenters. The Hall–Kier alpha value is -3.41. The molecule has 1 amide bonds. The third-order valence-corrected chi connectivity index (χ3v) is 4.06. The maximum absolute atomic E-state index is 12.6. The first kappa shape index (κ1) is 20.3. The summed E-state index contributed by atoms with van der Waals surface area (Å²) in [5, 5.41) is 6.08. The van der Waals surface area contributed by atoms with Gasteiger partial charge in [-0.1, -0.05) is 19.9 Å². The summed E-state index contributed by atoms with van der Waals surface area (Å²) in [4.78, 5) is 21.3. The molecule has 0 fully saturated rings. The van der Waals surface area contributed by atoms with Crippen molar-refractivity contribution >= 4 is 23.2 Å². The molecule has 3 aromatic rings. The van der Waals surface area contributed by atoms with E-state index in [1.54, 1.807) is 12.1 Å². The van der Waals surface area contributed by atoms with Crippen molar-refractivity contribution in [2.45, 2.75) is 27.7 Å². The van der Waals surface area contributed by atoms with E-state index in [0.717, 1.165) is 17.1 Å². The lowest BCUT2D eigenvalue weighted by Crippen LogP contribution is -2.12. The van der Waals surface area contributed by atoms with Gasteiger partial charge in [-0.2, -0.15) is 0 Å². The molecular weight excluding hydrogens is 364 g/mol. The lowest BCUT2D eigenvalue weighted by atomic mass is 10.2. The molecule has 0 bridgehead atoms. The van der Waals surface area contributed by atoms with Crippen LogP contribution in [0.4, 0.5) is 17.3 Å². The Morgan fingerprint density at radius 2 is 1.62 bits per heavy atom. The van der Waals surface area contributed by atoms with Gasteiger partial charge >= 0.3 is 0 Å². The van der Waals surface area contributed by atoms with Gasteiger partial charge < -0.3 is 15.4 Å². The summed E-state index contributed by atoms with van der Waals surface area (Å²) in [6.45, 7) is 8.65. The molecule has 6 nitrogen and oxygen atoms in total. The lowest BCUT2D eigenvalue weighted by Gasteiger charge is -2.11. The van der Waals surface area contributed by atoms with E-state index >= 15 is 0 Å². The van der Waals surface area contributed by atoms with Crippen molar-refractivity contribution in [2.75, 3.05) is 17.2 Å². The topological polar surface area (TPSA) is 76.1 Å². The number of rotatable bonds is 7. The monoisotopic (exact) mass is 390 g/mol. The molecule has 1 aromatic heterocycles. The molecule has 0 aliphatic carbocycles. The van der Waals surface area contributed by atoms with Gasteiger partial charge in [-0.15, -0.1) is 0 Å². The van der Waals surface area contributed by atoms with Gasteiger partial charge in [-0.25, -0.2) is 9.97 Å². The van der Waals surface area contributed by atoms with Crippen LogP contribution in [0.5, 0.6) is 5.75 Å². The lowest BCUT2D eigenvalue weighted by molar-refractivity contribution is 0.102. The number of ether oxygens (including phenoxy) is 1. The van der Waals surface area contributed by atoms with Crippen LogP contribution in [0, 0.1) is 19.8 Å². The maximum atomic E-state index is 12.6. The van der Waals surface area contributed by atoms with Crippen molar-refractivity contribution in [3.8, 4) is 5.75 Å². The predicted molar refractivity (Wildman–Crippen MR) is 116 cm³/mol. The molecular formula is C23H26N4O2. The number of amides is 1. The molecule has 1 heterocycles. The summed E-state index contributed by atoms with van der Waals surface area (Å²) in [5.41, 5.74) is 3.91. The van der Waals surface area contributed by atoms with Gasteiger partial charge in [-0.05, 0) is 68.3 Å². The first-order valence-corrected chi connectivity index (χ1v) is 9.62. The van der Waals surface area contributed by atoms with Crippen LogP contribution >= 0.6 is 0 Å². The van der Waals surface area contributed by atoms with Crippen molar-refractivity contribution in [2.24, 2.45) is 5.92 Å². The van der Waals surface area contributed by atoms with Crippen LogP contribution in [0.25, 0.3) is 0 Å². The highest BCUT2D eigenvalue weighted by molar-refractivity contribution is 6.04. The zero-order valence-corrected chi connectivity index (χ0v) is 17.2. The van der Waals surface area contributed by atoms with Crippen molar-refractivity contribution in [3.05, 3.63) is 71.5 Å². The smallest absolute Gasteiger partial charge is 0.255 e. The number of carbonyl (C=O) groups is 1. The van der Waals surface area contributed by atoms with Gasteiger partial charge in [0, 0.05) is 28.3 Å². The minimum Gasteiger partial charge on any atom is -0.493 e. The average Bonchev–Trinajstić information content (AvgIpc) is 2.67. The Bertz CT molecular complexity index is 964. The fourth-order valence-electron chi connectivity index (χ4n) is 2.74. The third kappa shape index (κ3) is 6.04. The molecule has 2 aromatic carbocycles. The van der Waals surface area contributed by atoms with Crippen molar-refractivity contribution in [1.29, 1.82) is 0 Å². The number of nitrogens with zero attached hydrogens (tertiary/aromatic N) is 2. The van der Waals surface area contributed by atoms with Gasteiger partial charge in [0.15, 0.2) is 0 Å². The molecule has 0 saturated carbocycles. The zero-order valence-electron chi connectivity index (χ0n) is 17.2. The molecule has 3 rings (SSSR count). The first-order valence-electron chi connectivity index (χ1n) is 9.62. The highest BCUT2D eigenvalue weighted by Gasteiger charge is 2.08. The number of aryl methyl sites for hydroxylation is 2. The van der Waals surface area contributed by atoms with Gasteiger partial charge in [0.2, 0.25) is 5.95 Å². The zero-order chi connectivity index (χ0) is 20.8. The average molecular weight is 390 g/mol. The summed E-state index contributed by atoms with van der Waals surface area (Å²) in [6.07, 6.45) is 0. The Kier molecular flexibility index (Phi) is 6.44. The van der Waals surface area contributed by atoms with Gasteiger partial charge in [-0.3, -0.25) is 4.79 Å². The van der Waals surface area contributed by atoms with E-state index in [-0.39, 0.29) is 5.91 Å². The molecule has 150 valence electrons. The van der Waals surface area contributed by atoms with Crippen LogP contribution in [0.15, 0.2) is 54.6 Å². The number of hydrogen-bond donors (Lipinski definition) is 2. The quantitative estimate of drug-likeness (QED) is 0.585. The van der Waals surface area contributed by atoms with Gasteiger partial charge in [0.05, 0.1) is 6.61 Å². The summed E-state index contributed by atoms with van der Waals surface area (Å²) in [5.74, 6) is 1.49. The summed E-state index contributed by atoms with van der Waals surface area (Å²) in [6, 6.07) is 16.5. The first-order chi connectivity index (χ1) is 13.9. The summed E-state index contributed by atoms with van der Waals surface area (Å²) < 4.78 is 5.70. The summed E-state index contributed by atoms with van der Waals surface area (Å²) >= 11 is 0. The van der Waals surface area contributed by atoms with Gasteiger partial charge in [0.1, 0.15) is 5.75 Å². The number of carbonyl (C=O) groups excluding carboxylic acids is 1. The van der Waals surface area contributed by atoms with Crippen LogP contribution in [0.1, 0.15) is 35.6 Å². The third-order valence-electron chi connectivity index (χ3n) is 4.06. The number of hydrogen-bond acceptors (Lipinski definition) is 5. The Labute approximate surface area is 171 Å².